The van der Waals surface area contributed by atoms with Crippen LogP contribution < -0.4 is 5.73 Å². The number of hydrogen-bond donors (Lipinski definition) is 1. The number of aryl methyl sites for hydroxylation is 1. The summed E-state index contributed by atoms with van der Waals surface area (Å²) in [7, 11) is 0. The summed E-state index contributed by atoms with van der Waals surface area (Å²) in [6.07, 6.45) is 6.18. The second-order valence-electron chi connectivity index (χ2n) is 4.64. The van der Waals surface area contributed by atoms with Gasteiger partial charge in [0.05, 0.1) is 5.69 Å². The largest absolute Gasteiger partial charge is 0.325 e. The maximum Gasteiger partial charge on any atom is 0.151 e. The minimum absolute atomic E-state index is 0.0717. The van der Waals surface area contributed by atoms with Gasteiger partial charge in [-0.3, -0.25) is 0 Å². The standard InChI is InChI=1S/C12H14ClN3/c13-11-9(4-5-12(14)6-7-12)16-8-2-1-3-10(16)15-11/h1-3,8H,4-7,14H2. The molecule has 1 aliphatic carbocycles. The molecule has 1 aliphatic rings. The SMILES string of the molecule is NC1(CCc2c(Cl)nc3ccccn23)CC1. The Bertz CT molecular complexity index is 528. The quantitative estimate of drug-likeness (QED) is 0.888. The van der Waals surface area contributed by atoms with Crippen LogP contribution in [0.1, 0.15) is 25.0 Å². The molecule has 0 aliphatic heterocycles. The molecule has 0 unspecified atom stereocenters. The Hall–Kier alpha value is -1.06. The molecule has 4 heteroatoms. The van der Waals surface area contributed by atoms with E-state index in [9.17, 15) is 0 Å². The van der Waals surface area contributed by atoms with Crippen LogP contribution in [0.25, 0.3) is 5.65 Å². The van der Waals surface area contributed by atoms with Gasteiger partial charge in [-0.15, -0.1) is 0 Å². The van der Waals surface area contributed by atoms with Crippen LogP contribution in [-0.4, -0.2) is 14.9 Å². The van der Waals surface area contributed by atoms with Gasteiger partial charge < -0.3 is 10.1 Å². The highest BCUT2D eigenvalue weighted by Crippen LogP contribution is 2.37. The van der Waals surface area contributed by atoms with Crippen LogP contribution in [0.2, 0.25) is 5.15 Å². The first-order valence-electron chi connectivity index (χ1n) is 5.58. The Morgan fingerprint density at radius 3 is 3.00 bits per heavy atom. The molecule has 2 aromatic heterocycles. The number of nitrogens with two attached hydrogens (primary N) is 1. The third-order valence-corrected chi connectivity index (χ3v) is 3.63. The van der Waals surface area contributed by atoms with Crippen LogP contribution in [0, 0.1) is 0 Å². The van der Waals surface area contributed by atoms with Crippen molar-refractivity contribution in [3.05, 3.63) is 35.2 Å². The van der Waals surface area contributed by atoms with Crippen LogP contribution in [-0.2, 0) is 6.42 Å². The number of halogens is 1. The fourth-order valence-electron chi connectivity index (χ4n) is 2.02. The van der Waals surface area contributed by atoms with Crippen molar-refractivity contribution in [1.29, 1.82) is 0 Å². The second kappa shape index (κ2) is 3.47. The Kier molecular flexibility index (Phi) is 2.19. The lowest BCUT2D eigenvalue weighted by Crippen LogP contribution is -2.22. The summed E-state index contributed by atoms with van der Waals surface area (Å²) in [6.45, 7) is 0. The minimum Gasteiger partial charge on any atom is -0.325 e. The minimum atomic E-state index is 0.0717. The predicted octanol–water partition coefficient (Wildman–Crippen LogP) is 2.41. The van der Waals surface area contributed by atoms with Gasteiger partial charge in [-0.1, -0.05) is 17.7 Å². The monoisotopic (exact) mass is 235 g/mol. The Morgan fingerprint density at radius 1 is 1.44 bits per heavy atom. The number of imidazole rings is 1. The number of hydrogen-bond acceptors (Lipinski definition) is 2. The molecule has 0 radical (unpaired) electrons. The van der Waals surface area contributed by atoms with Gasteiger partial charge in [0.2, 0.25) is 0 Å². The number of fused-ring (bicyclic) bond motifs is 1. The predicted molar refractivity (Wildman–Crippen MR) is 64.7 cm³/mol. The lowest BCUT2D eigenvalue weighted by molar-refractivity contribution is 0.602. The van der Waals surface area contributed by atoms with E-state index in [2.05, 4.69) is 4.98 Å². The summed E-state index contributed by atoms with van der Waals surface area (Å²) in [5, 5.41) is 0.607. The van der Waals surface area contributed by atoms with Crippen molar-refractivity contribution in [3.63, 3.8) is 0 Å². The van der Waals surface area contributed by atoms with Crippen LogP contribution in [0.15, 0.2) is 24.4 Å². The number of nitrogens with zero attached hydrogens (tertiary/aromatic N) is 2. The molecule has 0 amide bonds. The summed E-state index contributed by atoms with van der Waals surface area (Å²) in [5.41, 5.74) is 8.14. The Morgan fingerprint density at radius 2 is 2.25 bits per heavy atom. The molecule has 2 N–H and O–H groups in total. The highest BCUT2D eigenvalue weighted by Gasteiger charge is 2.37. The zero-order valence-corrected chi connectivity index (χ0v) is 9.74. The molecule has 2 aromatic rings. The Labute approximate surface area is 99.2 Å². The Balaban J connectivity index is 1.92. The zero-order chi connectivity index (χ0) is 11.2. The molecule has 0 spiro atoms. The van der Waals surface area contributed by atoms with E-state index < -0.39 is 0 Å². The zero-order valence-electron chi connectivity index (χ0n) is 8.99. The third kappa shape index (κ3) is 1.70. The fraction of sp³-hybridized carbons (Fsp3) is 0.417. The number of aromatic nitrogens is 2. The van der Waals surface area contributed by atoms with Gasteiger partial charge in [-0.2, -0.15) is 0 Å². The van der Waals surface area contributed by atoms with Crippen molar-refractivity contribution in [1.82, 2.24) is 9.38 Å². The molecule has 84 valence electrons. The maximum atomic E-state index is 6.14. The molecule has 0 saturated heterocycles. The van der Waals surface area contributed by atoms with Crippen molar-refractivity contribution in [3.8, 4) is 0 Å². The average Bonchev–Trinajstić information content (AvgIpc) is 2.91. The molecule has 2 heterocycles. The van der Waals surface area contributed by atoms with E-state index in [1.54, 1.807) is 0 Å². The van der Waals surface area contributed by atoms with Crippen molar-refractivity contribution in [2.75, 3.05) is 0 Å². The molecule has 0 aromatic carbocycles. The topological polar surface area (TPSA) is 43.3 Å². The fourth-order valence-corrected chi connectivity index (χ4v) is 2.29. The van der Waals surface area contributed by atoms with Gasteiger partial charge >= 0.3 is 0 Å². The van der Waals surface area contributed by atoms with E-state index in [0.29, 0.717) is 5.15 Å². The summed E-state index contributed by atoms with van der Waals surface area (Å²) in [6, 6.07) is 5.92. The summed E-state index contributed by atoms with van der Waals surface area (Å²) in [4.78, 5) is 4.32. The van der Waals surface area contributed by atoms with E-state index >= 15 is 0 Å². The van der Waals surface area contributed by atoms with E-state index in [0.717, 1.165) is 37.0 Å². The van der Waals surface area contributed by atoms with E-state index in [-0.39, 0.29) is 5.54 Å². The number of pyridine rings is 1. The normalized spacial score (nSPS) is 17.9. The van der Waals surface area contributed by atoms with Crippen molar-refractivity contribution < 1.29 is 0 Å². The third-order valence-electron chi connectivity index (χ3n) is 3.33. The van der Waals surface area contributed by atoms with E-state index in [1.165, 1.54) is 0 Å². The van der Waals surface area contributed by atoms with Crippen LogP contribution in [0.4, 0.5) is 0 Å². The van der Waals surface area contributed by atoms with Crippen molar-refractivity contribution in [2.45, 2.75) is 31.2 Å². The average molecular weight is 236 g/mol. The van der Waals surface area contributed by atoms with Crippen LogP contribution >= 0.6 is 11.6 Å². The lowest BCUT2D eigenvalue weighted by Gasteiger charge is -2.07. The molecular formula is C12H14ClN3. The first-order valence-corrected chi connectivity index (χ1v) is 5.96. The molecule has 16 heavy (non-hydrogen) atoms. The molecule has 0 atom stereocenters. The van der Waals surface area contributed by atoms with Crippen LogP contribution in [0.5, 0.6) is 0 Å². The van der Waals surface area contributed by atoms with Crippen molar-refractivity contribution >= 4 is 17.2 Å². The summed E-state index contributed by atoms with van der Waals surface area (Å²) < 4.78 is 2.05. The lowest BCUT2D eigenvalue weighted by atomic mass is 10.1. The van der Waals surface area contributed by atoms with E-state index in [1.807, 2.05) is 28.8 Å². The first kappa shape index (κ1) is 10.1. The second-order valence-corrected chi connectivity index (χ2v) is 5.00. The van der Waals surface area contributed by atoms with E-state index in [4.69, 9.17) is 17.3 Å². The maximum absolute atomic E-state index is 6.14. The molecule has 1 saturated carbocycles. The summed E-state index contributed by atoms with van der Waals surface area (Å²) >= 11 is 6.14. The van der Waals surface area contributed by atoms with Gasteiger partial charge in [-0.05, 0) is 37.8 Å². The molecule has 3 nitrogen and oxygen atoms in total. The summed E-state index contributed by atoms with van der Waals surface area (Å²) in [5.74, 6) is 0. The number of rotatable bonds is 3. The van der Waals surface area contributed by atoms with Gasteiger partial charge in [0, 0.05) is 11.7 Å². The van der Waals surface area contributed by atoms with Gasteiger partial charge in [0.1, 0.15) is 5.65 Å². The molecule has 0 bridgehead atoms. The first-order chi connectivity index (χ1) is 7.68. The van der Waals surface area contributed by atoms with Gasteiger partial charge in [0.15, 0.2) is 5.15 Å². The van der Waals surface area contributed by atoms with Gasteiger partial charge in [-0.25, -0.2) is 4.98 Å². The molecular weight excluding hydrogens is 222 g/mol. The highest BCUT2D eigenvalue weighted by atomic mass is 35.5. The van der Waals surface area contributed by atoms with Gasteiger partial charge in [0.25, 0.3) is 0 Å². The molecule has 1 fully saturated rings. The molecule has 3 rings (SSSR count). The van der Waals surface area contributed by atoms with Crippen molar-refractivity contribution in [2.24, 2.45) is 5.73 Å². The van der Waals surface area contributed by atoms with Crippen LogP contribution in [0.3, 0.4) is 0 Å². The highest BCUT2D eigenvalue weighted by molar-refractivity contribution is 6.30. The smallest absolute Gasteiger partial charge is 0.151 e.